The van der Waals surface area contributed by atoms with Gasteiger partial charge in [0.05, 0.1) is 64.7 Å². The van der Waals surface area contributed by atoms with Gasteiger partial charge in [-0.05, 0) is 39.5 Å². The number of carboxylic acids is 2. The number of aliphatic hydroxyl groups is 9. The molecule has 3 aliphatic rings. The molecule has 3 aliphatic heterocycles. The van der Waals surface area contributed by atoms with Crippen molar-refractivity contribution in [2.24, 2.45) is 0 Å². The predicted molar refractivity (Wildman–Crippen MR) is 335 cm³/mol. The van der Waals surface area contributed by atoms with Crippen molar-refractivity contribution in [2.45, 2.75) is 215 Å². The summed E-state index contributed by atoms with van der Waals surface area (Å²) in [5.41, 5.74) is 0. The van der Waals surface area contributed by atoms with Gasteiger partial charge < -0.3 is 126 Å². The van der Waals surface area contributed by atoms with Gasteiger partial charge in [-0.25, -0.2) is 4.79 Å². The van der Waals surface area contributed by atoms with Gasteiger partial charge in [0.15, 0.2) is 29.9 Å². The second-order valence-corrected chi connectivity index (χ2v) is 24.3. The molecule has 0 aliphatic carbocycles. The van der Waals surface area contributed by atoms with E-state index in [-0.39, 0.29) is 76.1 Å². The fourth-order valence-electron chi connectivity index (χ4n) is 10.6. The van der Waals surface area contributed by atoms with Gasteiger partial charge in [0, 0.05) is 91.2 Å². The lowest BCUT2D eigenvalue weighted by atomic mass is 9.88. The molecule has 3 fully saturated rings. The van der Waals surface area contributed by atoms with E-state index in [1.807, 2.05) is 0 Å². The third-order valence-electron chi connectivity index (χ3n) is 15.9. The maximum absolute atomic E-state index is 12.9. The summed E-state index contributed by atoms with van der Waals surface area (Å²) in [6.45, 7) is -2.34. The highest BCUT2D eigenvalue weighted by molar-refractivity contribution is 5.95. The Morgan fingerprint density at radius 3 is 1.56 bits per heavy atom. The fraction of sp³-hybridized carbons (Fsp3) is 0.754. The van der Waals surface area contributed by atoms with Gasteiger partial charge in [-0.3, -0.25) is 67.1 Å². The quantitative estimate of drug-likeness (QED) is 0.0252. The monoisotopic (exact) mass is 1450 g/mol. The topological polar surface area (TPSA) is 613 Å². The van der Waals surface area contributed by atoms with Crippen LogP contribution in [0.15, 0.2) is 0 Å². The van der Waals surface area contributed by atoms with Crippen LogP contribution in [0.5, 0.6) is 0 Å². The first-order valence-corrected chi connectivity index (χ1v) is 32.6. The van der Waals surface area contributed by atoms with Crippen molar-refractivity contribution in [1.82, 2.24) is 41.7 Å². The van der Waals surface area contributed by atoms with Crippen LogP contribution < -0.4 is 31.9 Å². The Hall–Kier alpha value is -7.55. The number of unbranched alkanes of at least 4 members (excludes halogenated alkanes) is 2. The fourth-order valence-corrected chi connectivity index (χ4v) is 10.6. The number of carbonyl (C=O) groups is 15. The molecule has 0 aromatic heterocycles. The van der Waals surface area contributed by atoms with Crippen LogP contribution in [-0.4, -0.2) is 330 Å². The second-order valence-electron chi connectivity index (χ2n) is 24.3. The van der Waals surface area contributed by atoms with E-state index in [0.29, 0.717) is 11.4 Å². The maximum atomic E-state index is 12.9. The predicted octanol–water partition coefficient (Wildman–Crippen LogP) is -8.89. The van der Waals surface area contributed by atoms with Gasteiger partial charge in [0.2, 0.25) is 47.3 Å². The van der Waals surface area contributed by atoms with Crippen molar-refractivity contribution in [3.05, 3.63) is 0 Å². The summed E-state index contributed by atoms with van der Waals surface area (Å²) < 4.78 is 34.3. The number of ether oxygens (including phenoxy) is 6. The number of hydrogen-bond acceptors (Lipinski definition) is 30. The second kappa shape index (κ2) is 44.1. The standard InChI is InChI=1S/C61H96N8O32/c1-5-62-43(82)16-13-35(76)22-64-44(83)25-68(24-31(2)72)46(85)17-14-37(78)23-65-45(84)26-69(27-48(87)88)47(86)18-15-36(77)21-63-42(81)12-7-6-10-34(75)11-8-9-19-96-58-50(67-33(4)74)53(91)56(40(29-71)98-58)100-59-55(93)54(92)52(90)41(99-59)30-97-61(60(94)95)20-38(79)49(66-32(3)73)57(101-61)51(89)39(80)28-70/h38-41,49-59,70-71,79-80,89-93H,5-30H2,1-4H3,(H,62,82)(H,63,81)(H,64,83)(H,65,84)(H,66,73)(H,67,74)(H,87,88)(H,94,95)/t38?,39?,40?,41?,49-,50?,51?,52+,53-,54+,55?,56-,57?,58-,59+,61-/m1/s1. The van der Waals surface area contributed by atoms with E-state index in [2.05, 4.69) is 31.9 Å². The van der Waals surface area contributed by atoms with Crippen LogP contribution >= 0.6 is 0 Å². The molecule has 16 atom stereocenters. The molecule has 3 heterocycles. The van der Waals surface area contributed by atoms with Gasteiger partial charge in [0.25, 0.3) is 5.79 Å². The van der Waals surface area contributed by atoms with Crippen molar-refractivity contribution in [3.8, 4) is 0 Å². The molecule has 0 saturated carbocycles. The first kappa shape index (κ1) is 87.7. The molecule has 8 amide bonds. The smallest absolute Gasteiger partial charge is 0.364 e. The molecule has 3 saturated heterocycles. The molecule has 0 aromatic rings. The van der Waals surface area contributed by atoms with Crippen molar-refractivity contribution < 1.29 is 157 Å². The summed E-state index contributed by atoms with van der Waals surface area (Å²) in [5, 5.41) is 130. The van der Waals surface area contributed by atoms with Gasteiger partial charge in [-0.15, -0.1) is 0 Å². The molecule has 572 valence electrons. The van der Waals surface area contributed by atoms with Gasteiger partial charge in [-0.1, -0.05) is 0 Å². The number of ketones is 5. The third-order valence-corrected chi connectivity index (χ3v) is 15.9. The molecule has 40 heteroatoms. The van der Waals surface area contributed by atoms with E-state index < -0.39 is 272 Å². The van der Waals surface area contributed by atoms with E-state index in [1.165, 1.54) is 0 Å². The summed E-state index contributed by atoms with van der Waals surface area (Å²) >= 11 is 0. The number of aliphatic carboxylic acids is 2. The zero-order valence-electron chi connectivity index (χ0n) is 56.4. The summed E-state index contributed by atoms with van der Waals surface area (Å²) in [6, 6.07) is -3.01. The molecule has 0 radical (unpaired) electrons. The molecule has 8 unspecified atom stereocenters. The number of amides is 8. The maximum Gasteiger partial charge on any atom is 0.364 e. The summed E-state index contributed by atoms with van der Waals surface area (Å²) in [7, 11) is 0. The average molecular weight is 1450 g/mol. The number of hydrogen-bond donors (Lipinski definition) is 17. The number of Topliss-reactive ketones (excluding diaryl/α,β-unsaturated/α-hetero) is 5. The third kappa shape index (κ3) is 30.1. The Kier molecular flexibility index (Phi) is 38.3. The lowest BCUT2D eigenvalue weighted by Crippen LogP contribution is -2.69. The largest absolute Gasteiger partial charge is 0.480 e. The first-order valence-electron chi connectivity index (χ1n) is 32.6. The summed E-state index contributed by atoms with van der Waals surface area (Å²) in [6.07, 6.45) is -26.8. The van der Waals surface area contributed by atoms with E-state index in [0.717, 1.165) is 25.7 Å². The Bertz CT molecular complexity index is 2850. The number of nitrogens with zero attached hydrogens (tertiary/aromatic N) is 2. The molecular formula is C61H96N8O32. The zero-order valence-corrected chi connectivity index (χ0v) is 56.4. The normalized spacial score (nSPS) is 25.4. The van der Waals surface area contributed by atoms with E-state index in [1.54, 1.807) is 6.92 Å². The number of nitrogens with one attached hydrogen (secondary N) is 6. The summed E-state index contributed by atoms with van der Waals surface area (Å²) in [4.78, 5) is 187. The number of rotatable bonds is 47. The minimum absolute atomic E-state index is 0.0622. The SMILES string of the molecule is CCNC(=O)CCC(=O)CNC(=O)CN(CC(C)=O)C(=O)CCC(=O)CNC(=O)CN(CC(=O)O)C(=O)CCC(=O)CNC(=O)CCCCC(=O)CCCCO[C@@H]1OC(CO)[C@@H](O[C@@H]2OC(CO[C@]3(C(=O)O)CC(O)[C@@H](NC(C)=O)C(C(O)C(O)CO)O3)[C@H](O)[C@H](O)C2O)[C@H](O)C1NC(C)=O. The Balaban J connectivity index is 1.41. The Morgan fingerprint density at radius 2 is 1.05 bits per heavy atom. The highest BCUT2D eigenvalue weighted by atomic mass is 16.8. The van der Waals surface area contributed by atoms with E-state index >= 15 is 0 Å². The van der Waals surface area contributed by atoms with Gasteiger partial charge in [-0.2, -0.15) is 0 Å². The Labute approximate surface area is 578 Å². The molecule has 3 rings (SSSR count). The van der Waals surface area contributed by atoms with Crippen LogP contribution in [0.4, 0.5) is 0 Å². The lowest BCUT2D eigenvalue weighted by molar-refractivity contribution is -0.360. The molecule has 40 nitrogen and oxygen atoms in total. The molecule has 0 bridgehead atoms. The van der Waals surface area contributed by atoms with Crippen molar-refractivity contribution >= 4 is 88.1 Å². The van der Waals surface area contributed by atoms with Crippen LogP contribution in [0.2, 0.25) is 0 Å². The van der Waals surface area contributed by atoms with E-state index in [9.17, 15) is 128 Å². The number of carbonyl (C=O) groups excluding carboxylic acids is 13. The average Bonchev–Trinajstić information content (AvgIpc) is 0.773. The van der Waals surface area contributed by atoms with Crippen LogP contribution in [0.1, 0.15) is 118 Å². The van der Waals surface area contributed by atoms with Crippen molar-refractivity contribution in [3.63, 3.8) is 0 Å². The highest BCUT2D eigenvalue weighted by Gasteiger charge is 2.57. The number of carboxylic acid groups (broad SMARTS) is 2. The molecular weight excluding hydrogens is 1360 g/mol. The van der Waals surface area contributed by atoms with Crippen molar-refractivity contribution in [1.29, 1.82) is 0 Å². The van der Waals surface area contributed by atoms with Crippen molar-refractivity contribution in [2.75, 3.05) is 78.8 Å². The van der Waals surface area contributed by atoms with E-state index in [4.69, 9.17) is 28.4 Å². The number of aliphatic hydroxyl groups excluding tert-OH is 9. The van der Waals surface area contributed by atoms with Crippen LogP contribution in [0, 0.1) is 0 Å². The minimum Gasteiger partial charge on any atom is -0.480 e. The Morgan fingerprint density at radius 1 is 0.545 bits per heavy atom. The lowest BCUT2D eigenvalue weighted by Gasteiger charge is -2.48. The van der Waals surface area contributed by atoms with Gasteiger partial charge in [0.1, 0.15) is 91.7 Å². The molecule has 17 N–H and O–H groups in total. The molecule has 0 aromatic carbocycles. The summed E-state index contributed by atoms with van der Waals surface area (Å²) in [5.74, 6) is -14.7. The van der Waals surface area contributed by atoms with Gasteiger partial charge >= 0.3 is 11.9 Å². The highest BCUT2D eigenvalue weighted by Crippen LogP contribution is 2.36. The first-order chi connectivity index (χ1) is 47.6. The van der Waals surface area contributed by atoms with Crippen LogP contribution in [0.25, 0.3) is 0 Å². The minimum atomic E-state index is -2.93. The van der Waals surface area contributed by atoms with Crippen LogP contribution in [0.3, 0.4) is 0 Å². The molecule has 101 heavy (non-hydrogen) atoms. The molecule has 0 spiro atoms. The van der Waals surface area contributed by atoms with Crippen LogP contribution in [-0.2, 0) is 100 Å². The zero-order chi connectivity index (χ0) is 75.8.